The van der Waals surface area contributed by atoms with Gasteiger partial charge in [0.15, 0.2) is 0 Å². The number of aliphatic hydroxyl groups is 2. The number of hydrogen-bond donors (Lipinski definition) is 5. The lowest BCUT2D eigenvalue weighted by atomic mass is 10.1. The lowest BCUT2D eigenvalue weighted by Crippen LogP contribution is -2.38. The molecule has 0 spiro atoms. The Morgan fingerprint density at radius 3 is 2.46 bits per heavy atom. The number of ether oxygens (including phenoxy) is 1. The van der Waals surface area contributed by atoms with Gasteiger partial charge >= 0.3 is 6.03 Å². The van der Waals surface area contributed by atoms with Crippen molar-refractivity contribution in [2.24, 2.45) is 5.73 Å². The van der Waals surface area contributed by atoms with E-state index >= 15 is 0 Å². The van der Waals surface area contributed by atoms with Crippen molar-refractivity contribution in [3.05, 3.63) is 39.4 Å². The lowest BCUT2D eigenvalue weighted by Gasteiger charge is -2.19. The fraction of sp³-hybridized carbons (Fsp3) is 0.455. The Morgan fingerprint density at radius 1 is 1.19 bits per heavy atom. The molecule has 2 unspecified atom stereocenters. The number of carbonyl (C=O) groups excluding carboxylic acids is 3. The average Bonchev–Trinajstić information content (AvgIpc) is 3.47. The predicted molar refractivity (Wildman–Crippen MR) is 133 cm³/mol. The van der Waals surface area contributed by atoms with Crippen LogP contribution in [0.2, 0.25) is 0 Å². The van der Waals surface area contributed by atoms with Crippen LogP contribution < -0.4 is 21.1 Å². The molecule has 202 valence electrons. The summed E-state index contributed by atoms with van der Waals surface area (Å²) in [7, 11) is 0. The van der Waals surface area contributed by atoms with Crippen LogP contribution in [0.15, 0.2) is 16.6 Å². The number of benzene rings is 1. The second-order valence-electron chi connectivity index (χ2n) is 8.36. The summed E-state index contributed by atoms with van der Waals surface area (Å²) in [6.07, 6.45) is -0.612. The van der Waals surface area contributed by atoms with Crippen LogP contribution >= 0.6 is 27.5 Å². The van der Waals surface area contributed by atoms with Crippen LogP contribution in [0.25, 0.3) is 0 Å². The van der Waals surface area contributed by atoms with Crippen LogP contribution in [0.3, 0.4) is 0 Å². The molecule has 11 nitrogen and oxygen atoms in total. The highest BCUT2D eigenvalue weighted by atomic mass is 79.9. The maximum atomic E-state index is 14.0. The zero-order valence-corrected chi connectivity index (χ0v) is 21.9. The molecule has 0 saturated carbocycles. The van der Waals surface area contributed by atoms with E-state index in [0.29, 0.717) is 24.6 Å². The topological polar surface area (TPSA) is 167 Å². The SMILES string of the molecule is NC(=O)c1c(OCc2c(F)cc(Br)cc2F)nsc1NC(=O)NCC(O)CC(O)CC(=O)N1CCCC1. The summed E-state index contributed by atoms with van der Waals surface area (Å²) < 4.78 is 37.4. The van der Waals surface area contributed by atoms with Crippen molar-refractivity contribution >= 4 is 50.3 Å². The van der Waals surface area contributed by atoms with Gasteiger partial charge in [-0.3, -0.25) is 14.9 Å². The molecule has 0 bridgehead atoms. The molecule has 1 aromatic carbocycles. The van der Waals surface area contributed by atoms with Gasteiger partial charge in [-0.25, -0.2) is 13.6 Å². The standard InChI is InChI=1S/C22H26BrF2N5O6S/c23-11-5-15(24)14(16(25)6-11)10-36-20-18(19(26)34)21(37-29-20)28-22(35)27-9-13(32)7-12(31)8-17(33)30-3-1-2-4-30/h5-6,12-13,31-32H,1-4,7-10H2,(H2,26,34)(H2,27,28,35). The number of anilines is 1. The Labute approximate surface area is 223 Å². The molecule has 1 aliphatic heterocycles. The van der Waals surface area contributed by atoms with E-state index in [1.54, 1.807) is 4.90 Å². The molecule has 1 fully saturated rings. The van der Waals surface area contributed by atoms with Crippen LogP contribution in [-0.2, 0) is 11.4 Å². The van der Waals surface area contributed by atoms with Crippen LogP contribution in [0.5, 0.6) is 5.88 Å². The number of aromatic nitrogens is 1. The number of nitrogens with one attached hydrogen (secondary N) is 2. The minimum absolute atomic E-state index is 0.0810. The van der Waals surface area contributed by atoms with Gasteiger partial charge in [-0.2, -0.15) is 4.37 Å². The highest BCUT2D eigenvalue weighted by Crippen LogP contribution is 2.31. The van der Waals surface area contributed by atoms with E-state index in [2.05, 4.69) is 30.9 Å². The van der Waals surface area contributed by atoms with E-state index in [1.807, 2.05) is 0 Å². The van der Waals surface area contributed by atoms with E-state index in [1.165, 1.54) is 0 Å². The molecule has 6 N–H and O–H groups in total. The largest absolute Gasteiger partial charge is 0.471 e. The van der Waals surface area contributed by atoms with Crippen molar-refractivity contribution in [3.8, 4) is 5.88 Å². The highest BCUT2D eigenvalue weighted by Gasteiger charge is 2.25. The molecule has 3 rings (SSSR count). The minimum atomic E-state index is -1.14. The molecule has 2 atom stereocenters. The first-order valence-corrected chi connectivity index (χ1v) is 12.9. The van der Waals surface area contributed by atoms with Gasteiger partial charge in [0, 0.05) is 30.5 Å². The molecular formula is C22H26BrF2N5O6S. The predicted octanol–water partition coefficient (Wildman–Crippen LogP) is 2.11. The number of carbonyl (C=O) groups is 3. The smallest absolute Gasteiger partial charge is 0.320 e. The third-order valence-corrected chi connectivity index (χ3v) is 6.71. The third kappa shape index (κ3) is 8.05. The van der Waals surface area contributed by atoms with Crippen LogP contribution in [0.4, 0.5) is 18.6 Å². The molecule has 1 aromatic heterocycles. The fourth-order valence-electron chi connectivity index (χ4n) is 3.66. The van der Waals surface area contributed by atoms with Gasteiger partial charge in [-0.1, -0.05) is 15.9 Å². The van der Waals surface area contributed by atoms with Gasteiger partial charge in [-0.15, -0.1) is 0 Å². The molecule has 2 aromatic rings. The number of primary amides is 1. The number of nitrogens with zero attached hydrogens (tertiary/aromatic N) is 2. The number of aliphatic hydroxyl groups excluding tert-OH is 2. The summed E-state index contributed by atoms with van der Waals surface area (Å²) >= 11 is 3.63. The molecule has 0 aliphatic carbocycles. The number of rotatable bonds is 11. The number of urea groups is 1. The van der Waals surface area contributed by atoms with E-state index in [4.69, 9.17) is 10.5 Å². The summed E-state index contributed by atoms with van der Waals surface area (Å²) in [6.45, 7) is 0.475. The Balaban J connectivity index is 1.51. The first-order valence-electron chi connectivity index (χ1n) is 11.3. The normalized spacial score (nSPS) is 14.8. The van der Waals surface area contributed by atoms with Crippen molar-refractivity contribution in [3.63, 3.8) is 0 Å². The van der Waals surface area contributed by atoms with Crippen molar-refractivity contribution in [2.45, 2.75) is 44.5 Å². The van der Waals surface area contributed by atoms with Crippen LogP contribution in [0.1, 0.15) is 41.6 Å². The minimum Gasteiger partial charge on any atom is -0.471 e. The van der Waals surface area contributed by atoms with Crippen LogP contribution in [-0.4, -0.2) is 69.2 Å². The zero-order chi connectivity index (χ0) is 27.1. The summed E-state index contributed by atoms with van der Waals surface area (Å²) in [5.74, 6) is -3.24. The highest BCUT2D eigenvalue weighted by molar-refractivity contribution is 9.10. The van der Waals surface area contributed by atoms with Gasteiger partial charge in [0.25, 0.3) is 5.91 Å². The lowest BCUT2D eigenvalue weighted by molar-refractivity contribution is -0.132. The van der Waals surface area contributed by atoms with Crippen molar-refractivity contribution in [2.75, 3.05) is 25.0 Å². The number of halogens is 3. The molecule has 37 heavy (non-hydrogen) atoms. The fourth-order valence-corrected chi connectivity index (χ4v) is 4.80. The van der Waals surface area contributed by atoms with Crippen LogP contribution in [0, 0.1) is 11.6 Å². The van der Waals surface area contributed by atoms with Gasteiger partial charge in [-0.05, 0) is 36.5 Å². The zero-order valence-electron chi connectivity index (χ0n) is 19.5. The molecule has 1 saturated heterocycles. The molecule has 4 amide bonds. The Kier molecular flexibility index (Phi) is 10.1. The van der Waals surface area contributed by atoms with E-state index in [9.17, 15) is 33.4 Å². The number of amides is 4. The molecule has 2 heterocycles. The van der Waals surface area contributed by atoms with E-state index < -0.39 is 48.0 Å². The summed E-state index contributed by atoms with van der Waals surface area (Å²) in [6, 6.07) is 1.28. The second-order valence-corrected chi connectivity index (χ2v) is 10.1. The summed E-state index contributed by atoms with van der Waals surface area (Å²) in [4.78, 5) is 37.9. The van der Waals surface area contributed by atoms with Gasteiger partial charge in [0.05, 0.1) is 24.2 Å². The monoisotopic (exact) mass is 605 g/mol. The quantitative estimate of drug-likeness (QED) is 0.261. The third-order valence-electron chi connectivity index (χ3n) is 5.50. The Hall–Kier alpha value is -2.88. The van der Waals surface area contributed by atoms with Gasteiger partial charge in [0.2, 0.25) is 11.8 Å². The van der Waals surface area contributed by atoms with Gasteiger partial charge < -0.3 is 30.9 Å². The molecular weight excluding hydrogens is 580 g/mol. The first-order chi connectivity index (χ1) is 17.5. The van der Waals surface area contributed by atoms with Crippen molar-refractivity contribution in [1.82, 2.24) is 14.6 Å². The van der Waals surface area contributed by atoms with Gasteiger partial charge in [0.1, 0.15) is 28.8 Å². The van der Waals surface area contributed by atoms with Crippen molar-refractivity contribution < 1.29 is 38.1 Å². The maximum Gasteiger partial charge on any atom is 0.320 e. The van der Waals surface area contributed by atoms with E-state index in [-0.39, 0.29) is 46.2 Å². The Bertz CT molecular complexity index is 1120. The Morgan fingerprint density at radius 2 is 1.84 bits per heavy atom. The van der Waals surface area contributed by atoms with Crippen molar-refractivity contribution in [1.29, 1.82) is 0 Å². The maximum absolute atomic E-state index is 14.0. The van der Waals surface area contributed by atoms with E-state index in [0.717, 1.165) is 25.0 Å². The molecule has 0 radical (unpaired) electrons. The molecule has 15 heteroatoms. The average molecular weight is 606 g/mol. The first kappa shape index (κ1) is 28.7. The summed E-state index contributed by atoms with van der Waals surface area (Å²) in [5.41, 5.74) is 4.68. The number of nitrogens with two attached hydrogens (primary N) is 1. The number of hydrogen-bond acceptors (Lipinski definition) is 8. The second kappa shape index (κ2) is 13.1. The molecule has 1 aliphatic rings. The number of likely N-dealkylation sites (tertiary alicyclic amines) is 1. The summed E-state index contributed by atoms with van der Waals surface area (Å²) in [5, 5.41) is 24.8.